The van der Waals surface area contributed by atoms with Gasteiger partial charge >= 0.3 is 0 Å². The van der Waals surface area contributed by atoms with E-state index < -0.39 is 0 Å². The predicted octanol–water partition coefficient (Wildman–Crippen LogP) is 4.69. The number of ketones is 1. The fourth-order valence-electron chi connectivity index (χ4n) is 2.09. The maximum atomic E-state index is 10.0. The molecule has 1 N–H and O–H groups in total. The third-order valence-corrected chi connectivity index (χ3v) is 2.99. The second kappa shape index (κ2) is 9.76. The van der Waals surface area contributed by atoms with E-state index in [1.54, 1.807) is 6.20 Å². The van der Waals surface area contributed by atoms with Crippen molar-refractivity contribution < 1.29 is 30.0 Å². The van der Waals surface area contributed by atoms with Gasteiger partial charge in [-0.05, 0) is 19.9 Å². The fraction of sp³-hybridized carbons (Fsp3) is 0.100. The van der Waals surface area contributed by atoms with E-state index in [9.17, 15) is 4.79 Å². The minimum absolute atomic E-state index is 0. The summed E-state index contributed by atoms with van der Waals surface area (Å²) in [6.07, 6.45) is 2.97. The van der Waals surface area contributed by atoms with Crippen molar-refractivity contribution in [2.45, 2.75) is 13.8 Å². The Morgan fingerprint density at radius 3 is 2.33 bits per heavy atom. The SMILES string of the molecule is CC(=O)C=C(C)O.[Ir].[c-]1c2cccccc-2cc1-c1ccccn1. The van der Waals surface area contributed by atoms with Crippen LogP contribution in [0.4, 0.5) is 0 Å². The second-order valence-electron chi connectivity index (χ2n) is 5.07. The van der Waals surface area contributed by atoms with Gasteiger partial charge in [0, 0.05) is 38.1 Å². The van der Waals surface area contributed by atoms with Gasteiger partial charge in [-0.3, -0.25) is 9.78 Å². The molecule has 1 aromatic heterocycles. The average molecular weight is 497 g/mol. The molecule has 3 rings (SSSR count). The summed E-state index contributed by atoms with van der Waals surface area (Å²) in [5.41, 5.74) is 4.36. The van der Waals surface area contributed by atoms with Crippen molar-refractivity contribution in [3.63, 3.8) is 0 Å². The number of hydrogen-bond donors (Lipinski definition) is 1. The first-order valence-electron chi connectivity index (χ1n) is 7.26. The Balaban J connectivity index is 0.000000312. The number of aliphatic hydroxyl groups is 1. The number of carbonyl (C=O) groups is 1. The summed E-state index contributed by atoms with van der Waals surface area (Å²) in [7, 11) is 0. The largest absolute Gasteiger partial charge is 0.512 e. The number of allylic oxidation sites excluding steroid dienone is 2. The minimum Gasteiger partial charge on any atom is -0.512 e. The van der Waals surface area contributed by atoms with E-state index in [1.807, 2.05) is 36.4 Å². The Bertz CT molecular complexity index is 750. The van der Waals surface area contributed by atoms with Crippen molar-refractivity contribution in [3.05, 3.63) is 78.7 Å². The van der Waals surface area contributed by atoms with Crippen molar-refractivity contribution in [1.29, 1.82) is 0 Å². The standard InChI is InChI=1S/C15H10N.C5H8O2.Ir/c1-2-6-12-10-14(11-13(12)7-3-1)15-8-4-5-9-16-15;1-4(6)3-5(2)7;/h1-10H;3,6H,1-2H3;/q-1;;. The monoisotopic (exact) mass is 497 g/mol. The van der Waals surface area contributed by atoms with Crippen molar-refractivity contribution in [1.82, 2.24) is 4.98 Å². The first-order valence-corrected chi connectivity index (χ1v) is 7.26. The molecule has 0 amide bonds. The van der Waals surface area contributed by atoms with Crippen LogP contribution in [0.25, 0.3) is 22.4 Å². The van der Waals surface area contributed by atoms with Gasteiger partial charge in [0.05, 0.1) is 5.76 Å². The quantitative estimate of drug-likeness (QED) is 0.318. The maximum absolute atomic E-state index is 10.0. The Morgan fingerprint density at radius 2 is 1.75 bits per heavy atom. The van der Waals surface area contributed by atoms with Crippen molar-refractivity contribution >= 4 is 5.78 Å². The molecular weight excluding hydrogens is 478 g/mol. The fourth-order valence-corrected chi connectivity index (χ4v) is 2.09. The molecule has 0 aromatic carbocycles. The number of pyridine rings is 1. The van der Waals surface area contributed by atoms with Crippen LogP contribution < -0.4 is 0 Å². The van der Waals surface area contributed by atoms with E-state index in [1.165, 1.54) is 25.5 Å². The molecule has 1 aromatic rings. The van der Waals surface area contributed by atoms with Crippen LogP contribution in [0.3, 0.4) is 0 Å². The molecule has 24 heavy (non-hydrogen) atoms. The molecule has 0 saturated heterocycles. The molecule has 2 aliphatic rings. The van der Waals surface area contributed by atoms with Crippen molar-refractivity contribution in [3.8, 4) is 22.4 Å². The summed E-state index contributed by atoms with van der Waals surface area (Å²) >= 11 is 0. The van der Waals surface area contributed by atoms with Gasteiger partial charge in [-0.1, -0.05) is 36.4 Å². The van der Waals surface area contributed by atoms with Gasteiger partial charge in [-0.15, -0.1) is 34.9 Å². The Hall–Kier alpha value is -2.29. The molecule has 125 valence electrons. The van der Waals surface area contributed by atoms with E-state index in [0.29, 0.717) is 0 Å². The van der Waals surface area contributed by atoms with Crippen LogP contribution in [-0.4, -0.2) is 15.9 Å². The molecule has 0 bridgehead atoms. The van der Waals surface area contributed by atoms with E-state index in [2.05, 4.69) is 29.2 Å². The van der Waals surface area contributed by atoms with Crippen LogP contribution in [-0.2, 0) is 24.9 Å². The Morgan fingerprint density at radius 1 is 1.04 bits per heavy atom. The molecule has 2 aliphatic carbocycles. The number of carbonyl (C=O) groups excluding carboxylic acids is 1. The molecule has 1 radical (unpaired) electrons. The van der Waals surface area contributed by atoms with Gasteiger partial charge in [0.1, 0.15) is 0 Å². The van der Waals surface area contributed by atoms with Crippen LogP contribution in [0.1, 0.15) is 13.8 Å². The predicted molar refractivity (Wildman–Crippen MR) is 92.2 cm³/mol. The first kappa shape index (κ1) is 19.8. The molecule has 0 aliphatic heterocycles. The molecule has 0 saturated carbocycles. The smallest absolute Gasteiger partial charge is 0.155 e. The average Bonchev–Trinajstić information content (AvgIpc) is 2.79. The van der Waals surface area contributed by atoms with Gasteiger partial charge in [0.25, 0.3) is 0 Å². The van der Waals surface area contributed by atoms with Gasteiger partial charge in [-0.25, -0.2) is 0 Å². The molecule has 0 unspecified atom stereocenters. The second-order valence-corrected chi connectivity index (χ2v) is 5.07. The van der Waals surface area contributed by atoms with Gasteiger partial charge in [0.15, 0.2) is 5.78 Å². The molecule has 0 fully saturated rings. The zero-order valence-corrected chi connectivity index (χ0v) is 15.9. The van der Waals surface area contributed by atoms with Gasteiger partial charge in [0.2, 0.25) is 0 Å². The molecule has 1 heterocycles. The minimum atomic E-state index is -0.125. The number of aliphatic hydroxyl groups excluding tert-OH is 1. The van der Waals surface area contributed by atoms with Gasteiger partial charge in [-0.2, -0.15) is 0 Å². The van der Waals surface area contributed by atoms with E-state index >= 15 is 0 Å². The first-order chi connectivity index (χ1) is 11.1. The van der Waals surface area contributed by atoms with E-state index in [-0.39, 0.29) is 31.6 Å². The van der Waals surface area contributed by atoms with E-state index in [4.69, 9.17) is 5.11 Å². The zero-order valence-electron chi connectivity index (χ0n) is 13.5. The number of nitrogens with zero attached hydrogens (tertiary/aromatic N) is 1. The van der Waals surface area contributed by atoms with E-state index in [0.717, 1.165) is 16.8 Å². The number of hydrogen-bond acceptors (Lipinski definition) is 3. The topological polar surface area (TPSA) is 50.2 Å². The molecule has 0 spiro atoms. The number of aromatic nitrogens is 1. The maximum Gasteiger partial charge on any atom is 0.155 e. The Labute approximate surface area is 155 Å². The molecule has 4 heteroatoms. The number of fused-ring (bicyclic) bond motifs is 1. The van der Waals surface area contributed by atoms with Crippen LogP contribution in [0.15, 0.2) is 72.6 Å². The van der Waals surface area contributed by atoms with Crippen LogP contribution in [0.5, 0.6) is 0 Å². The van der Waals surface area contributed by atoms with Crippen LogP contribution >= 0.6 is 0 Å². The normalized spacial score (nSPS) is 10.3. The van der Waals surface area contributed by atoms with Gasteiger partial charge < -0.3 is 5.11 Å². The molecular formula is C20H18IrNO2-. The van der Waals surface area contributed by atoms with Crippen LogP contribution in [0.2, 0.25) is 0 Å². The third kappa shape index (κ3) is 6.07. The zero-order chi connectivity index (χ0) is 16.7. The third-order valence-electron chi connectivity index (χ3n) is 2.99. The van der Waals surface area contributed by atoms with Crippen molar-refractivity contribution in [2.24, 2.45) is 0 Å². The molecule has 3 nitrogen and oxygen atoms in total. The summed E-state index contributed by atoms with van der Waals surface area (Å²) in [5, 5.41) is 8.36. The van der Waals surface area contributed by atoms with Crippen LogP contribution in [0, 0.1) is 6.07 Å². The molecule has 0 atom stereocenters. The van der Waals surface area contributed by atoms with Crippen molar-refractivity contribution in [2.75, 3.05) is 0 Å². The number of rotatable bonds is 2. The summed E-state index contributed by atoms with van der Waals surface area (Å²) in [5.74, 6) is -0.0625. The summed E-state index contributed by atoms with van der Waals surface area (Å²) < 4.78 is 0. The summed E-state index contributed by atoms with van der Waals surface area (Å²) in [6, 6.07) is 21.7. The summed E-state index contributed by atoms with van der Waals surface area (Å²) in [6.45, 7) is 2.85. The Kier molecular flexibility index (Phi) is 8.03. The summed E-state index contributed by atoms with van der Waals surface area (Å²) in [4.78, 5) is 14.3.